The van der Waals surface area contributed by atoms with Crippen molar-refractivity contribution in [1.82, 2.24) is 9.80 Å². The Kier molecular flexibility index (Phi) is 5.08. The van der Waals surface area contributed by atoms with Gasteiger partial charge in [0.15, 0.2) is 5.43 Å². The van der Waals surface area contributed by atoms with Crippen LogP contribution in [0.25, 0.3) is 11.0 Å². The SMILES string of the molecule is CN(C)CCCN1C(=O)c2oc3ccc(Br)cc3c(=O)c2[C@@H]1c1ccccc1. The van der Waals surface area contributed by atoms with Crippen LogP contribution in [0.1, 0.15) is 34.1 Å². The topological polar surface area (TPSA) is 53.8 Å². The number of rotatable bonds is 5. The third kappa shape index (κ3) is 3.27. The average molecular weight is 441 g/mol. The molecule has 1 amide bonds. The summed E-state index contributed by atoms with van der Waals surface area (Å²) in [6.45, 7) is 1.41. The predicted octanol–water partition coefficient (Wildman–Crippen LogP) is 4.05. The van der Waals surface area contributed by atoms with Crippen molar-refractivity contribution in [3.63, 3.8) is 0 Å². The molecule has 1 atom stereocenters. The summed E-state index contributed by atoms with van der Waals surface area (Å²) in [5, 5.41) is 0.483. The number of fused-ring (bicyclic) bond motifs is 2. The molecule has 0 N–H and O–H groups in total. The van der Waals surface area contributed by atoms with Crippen LogP contribution in [0, 0.1) is 0 Å². The van der Waals surface area contributed by atoms with E-state index in [1.165, 1.54) is 0 Å². The molecule has 5 nitrogen and oxygen atoms in total. The van der Waals surface area contributed by atoms with Crippen LogP contribution in [0.4, 0.5) is 0 Å². The number of carbonyl (C=O) groups excluding carboxylic acids is 1. The summed E-state index contributed by atoms with van der Waals surface area (Å²) < 4.78 is 6.74. The molecule has 28 heavy (non-hydrogen) atoms. The maximum atomic E-state index is 13.4. The van der Waals surface area contributed by atoms with Crippen LogP contribution >= 0.6 is 15.9 Å². The van der Waals surface area contributed by atoms with E-state index >= 15 is 0 Å². The van der Waals surface area contributed by atoms with Gasteiger partial charge in [0.25, 0.3) is 5.91 Å². The summed E-state index contributed by atoms with van der Waals surface area (Å²) in [4.78, 5) is 30.4. The van der Waals surface area contributed by atoms with Crippen molar-refractivity contribution in [2.45, 2.75) is 12.5 Å². The molecule has 1 aliphatic rings. The van der Waals surface area contributed by atoms with E-state index in [1.807, 2.05) is 44.4 Å². The van der Waals surface area contributed by atoms with Gasteiger partial charge in [-0.05, 0) is 50.8 Å². The minimum absolute atomic E-state index is 0.144. The van der Waals surface area contributed by atoms with Crippen LogP contribution in [0.2, 0.25) is 0 Å². The van der Waals surface area contributed by atoms with E-state index in [0.717, 1.165) is 23.0 Å². The van der Waals surface area contributed by atoms with Gasteiger partial charge in [-0.15, -0.1) is 0 Å². The van der Waals surface area contributed by atoms with E-state index in [2.05, 4.69) is 20.8 Å². The number of benzene rings is 2. The second-order valence-electron chi connectivity index (χ2n) is 7.28. The fourth-order valence-corrected chi connectivity index (χ4v) is 4.12. The van der Waals surface area contributed by atoms with Crippen molar-refractivity contribution in [3.05, 3.63) is 80.1 Å². The predicted molar refractivity (Wildman–Crippen MR) is 113 cm³/mol. The quantitative estimate of drug-likeness (QED) is 0.600. The van der Waals surface area contributed by atoms with E-state index in [1.54, 1.807) is 23.1 Å². The van der Waals surface area contributed by atoms with Gasteiger partial charge in [-0.2, -0.15) is 0 Å². The maximum absolute atomic E-state index is 13.4. The van der Waals surface area contributed by atoms with Gasteiger partial charge in [-0.3, -0.25) is 9.59 Å². The van der Waals surface area contributed by atoms with Gasteiger partial charge < -0.3 is 14.2 Å². The molecule has 2 aromatic carbocycles. The van der Waals surface area contributed by atoms with Crippen molar-refractivity contribution < 1.29 is 9.21 Å². The standard InChI is InChI=1S/C22H21BrN2O3/c1-24(2)11-6-12-25-19(14-7-4-3-5-8-14)18-20(26)16-13-15(23)9-10-17(16)28-21(18)22(25)27/h3-5,7-10,13,19H,6,11-12H2,1-2H3/t19-/m0/s1. The van der Waals surface area contributed by atoms with Crippen LogP contribution in [0.3, 0.4) is 0 Å². The Morgan fingerprint density at radius 2 is 1.86 bits per heavy atom. The lowest BCUT2D eigenvalue weighted by Crippen LogP contribution is -2.32. The first kappa shape index (κ1) is 18.9. The molecule has 1 aromatic heterocycles. The van der Waals surface area contributed by atoms with Gasteiger partial charge in [-0.25, -0.2) is 0 Å². The van der Waals surface area contributed by atoms with Crippen LogP contribution in [-0.2, 0) is 0 Å². The molecule has 144 valence electrons. The molecule has 4 rings (SSSR count). The summed E-state index contributed by atoms with van der Waals surface area (Å²) in [6, 6.07) is 14.5. The van der Waals surface area contributed by atoms with Crippen LogP contribution in [0.5, 0.6) is 0 Å². The minimum atomic E-state index is -0.425. The molecule has 0 saturated carbocycles. The van der Waals surface area contributed by atoms with Crippen LogP contribution in [0.15, 0.2) is 62.2 Å². The first-order valence-corrected chi connectivity index (χ1v) is 10.0. The van der Waals surface area contributed by atoms with Gasteiger partial charge in [0.1, 0.15) is 5.58 Å². The number of hydrogen-bond acceptors (Lipinski definition) is 4. The highest BCUT2D eigenvalue weighted by atomic mass is 79.9. The third-order valence-corrected chi connectivity index (χ3v) is 5.54. The molecule has 6 heteroatoms. The Bertz CT molecular complexity index is 1090. The Hall–Kier alpha value is -2.44. The molecule has 0 spiro atoms. The monoisotopic (exact) mass is 440 g/mol. The minimum Gasteiger partial charge on any atom is -0.450 e. The fourth-order valence-electron chi connectivity index (χ4n) is 3.76. The second-order valence-corrected chi connectivity index (χ2v) is 8.20. The first-order chi connectivity index (χ1) is 13.5. The molecule has 2 heterocycles. The maximum Gasteiger partial charge on any atom is 0.290 e. The fraction of sp³-hybridized carbons (Fsp3) is 0.273. The lowest BCUT2D eigenvalue weighted by Gasteiger charge is -2.25. The summed E-state index contributed by atoms with van der Waals surface area (Å²) >= 11 is 3.42. The highest BCUT2D eigenvalue weighted by Crippen LogP contribution is 2.38. The zero-order chi connectivity index (χ0) is 19.8. The summed E-state index contributed by atoms with van der Waals surface area (Å²) in [6.07, 6.45) is 0.815. The third-order valence-electron chi connectivity index (χ3n) is 5.05. The van der Waals surface area contributed by atoms with E-state index in [0.29, 0.717) is 23.1 Å². The molecule has 1 aliphatic heterocycles. The number of hydrogen-bond donors (Lipinski definition) is 0. The summed E-state index contributed by atoms with van der Waals surface area (Å²) in [5.41, 5.74) is 1.64. The molecule has 0 aliphatic carbocycles. The molecular formula is C22H21BrN2O3. The van der Waals surface area contributed by atoms with E-state index in [4.69, 9.17) is 4.42 Å². The second kappa shape index (κ2) is 7.53. The molecule has 0 saturated heterocycles. The molecule has 0 unspecified atom stereocenters. The number of amides is 1. The summed E-state index contributed by atoms with van der Waals surface area (Å²) in [5.74, 6) is -0.0527. The van der Waals surface area contributed by atoms with Gasteiger partial charge in [0.05, 0.1) is 17.0 Å². The summed E-state index contributed by atoms with van der Waals surface area (Å²) in [7, 11) is 4.01. The highest BCUT2D eigenvalue weighted by Gasteiger charge is 2.42. The number of carbonyl (C=O) groups is 1. The molecule has 0 bridgehead atoms. The molecule has 3 aromatic rings. The number of nitrogens with zero attached hydrogens (tertiary/aromatic N) is 2. The Labute approximate surface area is 171 Å². The first-order valence-electron chi connectivity index (χ1n) is 9.24. The van der Waals surface area contributed by atoms with Gasteiger partial charge in [-0.1, -0.05) is 46.3 Å². The molecular weight excluding hydrogens is 420 g/mol. The van der Waals surface area contributed by atoms with Crippen LogP contribution < -0.4 is 5.43 Å². The Morgan fingerprint density at radius 1 is 1.11 bits per heavy atom. The zero-order valence-corrected chi connectivity index (χ0v) is 17.4. The van der Waals surface area contributed by atoms with Crippen molar-refractivity contribution >= 4 is 32.8 Å². The van der Waals surface area contributed by atoms with Crippen molar-refractivity contribution in [1.29, 1.82) is 0 Å². The molecule has 0 fully saturated rings. The Balaban J connectivity index is 1.88. The zero-order valence-electron chi connectivity index (χ0n) is 15.8. The Morgan fingerprint density at radius 3 is 2.57 bits per heavy atom. The lowest BCUT2D eigenvalue weighted by molar-refractivity contribution is 0.0722. The normalized spacial score (nSPS) is 16.2. The smallest absolute Gasteiger partial charge is 0.290 e. The van der Waals surface area contributed by atoms with E-state index in [9.17, 15) is 9.59 Å². The molecule has 0 radical (unpaired) electrons. The lowest BCUT2D eigenvalue weighted by atomic mass is 9.98. The van der Waals surface area contributed by atoms with Gasteiger partial charge in [0.2, 0.25) is 5.76 Å². The highest BCUT2D eigenvalue weighted by molar-refractivity contribution is 9.10. The largest absolute Gasteiger partial charge is 0.450 e. The van der Waals surface area contributed by atoms with Gasteiger partial charge in [0, 0.05) is 11.0 Å². The average Bonchev–Trinajstić information content (AvgIpc) is 2.95. The van der Waals surface area contributed by atoms with Gasteiger partial charge >= 0.3 is 0 Å². The van der Waals surface area contributed by atoms with E-state index < -0.39 is 6.04 Å². The van der Waals surface area contributed by atoms with Crippen molar-refractivity contribution in [3.8, 4) is 0 Å². The number of halogens is 1. The van der Waals surface area contributed by atoms with E-state index in [-0.39, 0.29) is 17.1 Å². The van der Waals surface area contributed by atoms with Crippen LogP contribution in [-0.4, -0.2) is 42.9 Å². The van der Waals surface area contributed by atoms with Crippen molar-refractivity contribution in [2.75, 3.05) is 27.2 Å². The van der Waals surface area contributed by atoms with Crippen molar-refractivity contribution in [2.24, 2.45) is 0 Å².